The van der Waals surface area contributed by atoms with E-state index in [4.69, 9.17) is 5.11 Å². The highest BCUT2D eigenvalue weighted by Gasteiger charge is 2.30. The standard InChI is InChI=1S/C14H15F3N2O2/c1-2-12-11(7-8-20)13(21)19(18-12)10-5-3-9(4-6-10)14(15,16)17/h3-6,18,20H,2,7-8H2,1H3. The number of hydrogen-bond donors (Lipinski definition) is 2. The number of alkyl halides is 3. The molecule has 0 saturated carbocycles. The number of aliphatic hydroxyl groups excluding tert-OH is 1. The molecule has 2 rings (SSSR count). The van der Waals surface area contributed by atoms with E-state index >= 15 is 0 Å². The monoisotopic (exact) mass is 300 g/mol. The van der Waals surface area contributed by atoms with Gasteiger partial charge in [-0.1, -0.05) is 6.92 Å². The molecular formula is C14H15F3N2O2. The van der Waals surface area contributed by atoms with Gasteiger partial charge in [-0.25, -0.2) is 4.68 Å². The van der Waals surface area contributed by atoms with Crippen molar-refractivity contribution in [2.75, 3.05) is 6.61 Å². The third-order valence-electron chi connectivity index (χ3n) is 3.24. The van der Waals surface area contributed by atoms with Crippen molar-refractivity contribution in [3.05, 3.63) is 51.4 Å². The van der Waals surface area contributed by atoms with Crippen LogP contribution >= 0.6 is 0 Å². The Hall–Kier alpha value is -2.02. The van der Waals surface area contributed by atoms with Crippen LogP contribution in [-0.2, 0) is 19.0 Å². The zero-order chi connectivity index (χ0) is 15.6. The Kier molecular flexibility index (Phi) is 4.22. The lowest BCUT2D eigenvalue weighted by Crippen LogP contribution is -2.18. The van der Waals surface area contributed by atoms with Crippen LogP contribution in [0.25, 0.3) is 5.69 Å². The van der Waals surface area contributed by atoms with Crippen molar-refractivity contribution >= 4 is 0 Å². The Bertz CT molecular complexity index is 669. The van der Waals surface area contributed by atoms with Gasteiger partial charge in [0.05, 0.1) is 11.3 Å². The zero-order valence-corrected chi connectivity index (χ0v) is 11.4. The lowest BCUT2D eigenvalue weighted by molar-refractivity contribution is -0.137. The fourth-order valence-electron chi connectivity index (χ4n) is 2.16. The molecule has 0 saturated heterocycles. The van der Waals surface area contributed by atoms with Crippen molar-refractivity contribution in [3.63, 3.8) is 0 Å². The molecule has 2 aromatic rings. The molecule has 0 atom stereocenters. The smallest absolute Gasteiger partial charge is 0.396 e. The van der Waals surface area contributed by atoms with E-state index in [1.807, 2.05) is 6.92 Å². The quantitative estimate of drug-likeness (QED) is 0.910. The van der Waals surface area contributed by atoms with Crippen molar-refractivity contribution in [1.82, 2.24) is 9.78 Å². The first-order valence-electron chi connectivity index (χ1n) is 6.49. The van der Waals surface area contributed by atoms with Crippen LogP contribution in [0.1, 0.15) is 23.7 Å². The first-order valence-corrected chi connectivity index (χ1v) is 6.49. The number of aryl methyl sites for hydroxylation is 1. The molecule has 0 fully saturated rings. The third kappa shape index (κ3) is 3.02. The molecule has 0 radical (unpaired) electrons. The Morgan fingerprint density at radius 3 is 2.33 bits per heavy atom. The van der Waals surface area contributed by atoms with E-state index < -0.39 is 11.7 Å². The topological polar surface area (TPSA) is 58.0 Å². The van der Waals surface area contributed by atoms with Crippen molar-refractivity contribution in [1.29, 1.82) is 0 Å². The predicted molar refractivity (Wildman–Crippen MR) is 71.6 cm³/mol. The Labute approximate surface area is 118 Å². The molecule has 0 aliphatic rings. The number of aromatic nitrogens is 2. The lowest BCUT2D eigenvalue weighted by atomic mass is 10.1. The van der Waals surface area contributed by atoms with E-state index in [-0.39, 0.29) is 18.6 Å². The van der Waals surface area contributed by atoms with Crippen molar-refractivity contribution in [3.8, 4) is 5.69 Å². The Morgan fingerprint density at radius 2 is 1.86 bits per heavy atom. The summed E-state index contributed by atoms with van der Waals surface area (Å²) >= 11 is 0. The van der Waals surface area contributed by atoms with Gasteiger partial charge in [-0.05, 0) is 30.7 Å². The molecule has 7 heteroatoms. The van der Waals surface area contributed by atoms with E-state index in [1.54, 1.807) is 0 Å². The maximum atomic E-state index is 12.5. The van der Waals surface area contributed by atoms with Crippen LogP contribution in [0.4, 0.5) is 13.2 Å². The van der Waals surface area contributed by atoms with Crippen molar-refractivity contribution < 1.29 is 18.3 Å². The van der Waals surface area contributed by atoms with Gasteiger partial charge in [0.2, 0.25) is 0 Å². The maximum Gasteiger partial charge on any atom is 0.416 e. The molecule has 0 amide bonds. The minimum absolute atomic E-state index is 0.160. The molecule has 1 aromatic carbocycles. The molecule has 0 unspecified atom stereocenters. The largest absolute Gasteiger partial charge is 0.416 e. The number of hydrogen-bond acceptors (Lipinski definition) is 2. The van der Waals surface area contributed by atoms with Gasteiger partial charge in [0.15, 0.2) is 0 Å². The molecule has 4 nitrogen and oxygen atoms in total. The average Bonchev–Trinajstić information content (AvgIpc) is 2.76. The second kappa shape index (κ2) is 5.77. The second-order valence-electron chi connectivity index (χ2n) is 4.58. The minimum Gasteiger partial charge on any atom is -0.396 e. The summed E-state index contributed by atoms with van der Waals surface area (Å²) in [7, 11) is 0. The summed E-state index contributed by atoms with van der Waals surface area (Å²) in [5.74, 6) is 0. The summed E-state index contributed by atoms with van der Waals surface area (Å²) in [4.78, 5) is 12.2. The van der Waals surface area contributed by atoms with Crippen LogP contribution in [0.5, 0.6) is 0 Å². The number of aliphatic hydroxyl groups is 1. The second-order valence-corrected chi connectivity index (χ2v) is 4.58. The molecule has 0 spiro atoms. The highest BCUT2D eigenvalue weighted by atomic mass is 19.4. The fourth-order valence-corrected chi connectivity index (χ4v) is 2.16. The highest BCUT2D eigenvalue weighted by molar-refractivity contribution is 5.36. The normalized spacial score (nSPS) is 11.9. The minimum atomic E-state index is -4.41. The van der Waals surface area contributed by atoms with Crippen LogP contribution in [0.2, 0.25) is 0 Å². The number of halogens is 3. The van der Waals surface area contributed by atoms with Gasteiger partial charge in [0.1, 0.15) is 0 Å². The molecule has 21 heavy (non-hydrogen) atoms. The number of aromatic amines is 1. The van der Waals surface area contributed by atoms with Gasteiger partial charge in [0.25, 0.3) is 5.56 Å². The maximum absolute atomic E-state index is 12.5. The summed E-state index contributed by atoms with van der Waals surface area (Å²) < 4.78 is 38.8. The zero-order valence-electron chi connectivity index (χ0n) is 11.4. The van der Waals surface area contributed by atoms with Gasteiger partial charge < -0.3 is 5.11 Å². The van der Waals surface area contributed by atoms with Gasteiger partial charge in [0, 0.05) is 24.3 Å². The Balaban J connectivity index is 2.45. The van der Waals surface area contributed by atoms with E-state index in [2.05, 4.69) is 5.10 Å². The number of benzene rings is 1. The van der Waals surface area contributed by atoms with E-state index in [0.717, 1.165) is 12.1 Å². The third-order valence-corrected chi connectivity index (χ3v) is 3.24. The molecule has 0 bridgehead atoms. The predicted octanol–water partition coefficient (Wildman–Crippen LogP) is 2.28. The van der Waals surface area contributed by atoms with Crippen molar-refractivity contribution in [2.24, 2.45) is 0 Å². The van der Waals surface area contributed by atoms with Crippen LogP contribution in [0, 0.1) is 0 Å². The summed E-state index contributed by atoms with van der Waals surface area (Å²) in [6.07, 6.45) is -3.62. The fraction of sp³-hybridized carbons (Fsp3) is 0.357. The average molecular weight is 300 g/mol. The number of nitrogens with one attached hydrogen (secondary N) is 1. The molecule has 2 N–H and O–H groups in total. The first-order chi connectivity index (χ1) is 9.88. The van der Waals surface area contributed by atoms with E-state index in [0.29, 0.717) is 23.4 Å². The Morgan fingerprint density at radius 1 is 1.24 bits per heavy atom. The van der Waals surface area contributed by atoms with Gasteiger partial charge in [-0.15, -0.1) is 0 Å². The lowest BCUT2D eigenvalue weighted by Gasteiger charge is -2.07. The number of H-pyrrole nitrogens is 1. The number of nitrogens with zero attached hydrogens (tertiary/aromatic N) is 1. The van der Waals surface area contributed by atoms with E-state index in [1.165, 1.54) is 16.8 Å². The van der Waals surface area contributed by atoms with Gasteiger partial charge in [-0.3, -0.25) is 9.89 Å². The summed E-state index contributed by atoms with van der Waals surface area (Å²) in [5, 5.41) is 11.9. The summed E-state index contributed by atoms with van der Waals surface area (Å²) in [6.45, 7) is 1.69. The molecule has 114 valence electrons. The summed E-state index contributed by atoms with van der Waals surface area (Å²) in [5.41, 5.74) is 0.346. The molecule has 0 aliphatic carbocycles. The number of rotatable bonds is 4. The van der Waals surface area contributed by atoms with Crippen LogP contribution in [0.15, 0.2) is 29.1 Å². The van der Waals surface area contributed by atoms with Crippen LogP contribution in [-0.4, -0.2) is 21.5 Å². The summed E-state index contributed by atoms with van der Waals surface area (Å²) in [6, 6.07) is 4.34. The van der Waals surface area contributed by atoms with Gasteiger partial charge in [-0.2, -0.15) is 13.2 Å². The van der Waals surface area contributed by atoms with Crippen LogP contribution < -0.4 is 5.56 Å². The molecule has 0 aliphatic heterocycles. The van der Waals surface area contributed by atoms with Gasteiger partial charge >= 0.3 is 6.18 Å². The van der Waals surface area contributed by atoms with Crippen molar-refractivity contribution in [2.45, 2.75) is 25.9 Å². The molecule has 1 aromatic heterocycles. The SMILES string of the molecule is CCc1[nH]n(-c2ccc(C(F)(F)F)cc2)c(=O)c1CCO. The highest BCUT2D eigenvalue weighted by Crippen LogP contribution is 2.29. The molecule has 1 heterocycles. The van der Waals surface area contributed by atoms with E-state index in [9.17, 15) is 18.0 Å². The molecular weight excluding hydrogens is 285 g/mol. The first kappa shape index (κ1) is 15.4. The van der Waals surface area contributed by atoms with Crippen LogP contribution in [0.3, 0.4) is 0 Å².